The summed E-state index contributed by atoms with van der Waals surface area (Å²) >= 11 is 0. The molecule has 0 aromatic heterocycles. The number of rotatable bonds is 3. The van der Waals surface area contributed by atoms with Crippen molar-refractivity contribution >= 4 is 5.71 Å². The van der Waals surface area contributed by atoms with Crippen LogP contribution in [0.1, 0.15) is 30.4 Å². The van der Waals surface area contributed by atoms with Crippen LogP contribution in [0.2, 0.25) is 0 Å². The van der Waals surface area contributed by atoms with Gasteiger partial charge in [0.2, 0.25) is 0 Å². The fourth-order valence-electron chi connectivity index (χ4n) is 2.22. The van der Waals surface area contributed by atoms with E-state index in [0.29, 0.717) is 6.61 Å². The predicted octanol–water partition coefficient (Wildman–Crippen LogP) is 2.53. The third kappa shape index (κ3) is 2.67. The number of oxime groups is 1. The van der Waals surface area contributed by atoms with Crippen LogP contribution in [0.25, 0.3) is 0 Å². The van der Waals surface area contributed by atoms with E-state index in [1.165, 1.54) is 24.0 Å². The second-order valence-electron chi connectivity index (χ2n) is 4.65. The first kappa shape index (κ1) is 10.8. The SMILES string of the molecule is c1ccc2c(c1)CCCC/C2=N\OC[C@H]1CO1. The summed E-state index contributed by atoms with van der Waals surface area (Å²) < 4.78 is 5.10. The van der Waals surface area contributed by atoms with Crippen LogP contribution in [0.5, 0.6) is 0 Å². The molecule has 0 radical (unpaired) electrons. The van der Waals surface area contributed by atoms with Crippen LogP contribution in [0, 0.1) is 0 Å². The predicted molar refractivity (Wildman–Crippen MR) is 66.2 cm³/mol. The monoisotopic (exact) mass is 231 g/mol. The van der Waals surface area contributed by atoms with E-state index in [-0.39, 0.29) is 6.10 Å². The minimum atomic E-state index is 0.278. The van der Waals surface area contributed by atoms with Crippen molar-refractivity contribution in [1.82, 2.24) is 0 Å². The van der Waals surface area contributed by atoms with Gasteiger partial charge in [0.15, 0.2) is 0 Å². The molecule has 3 nitrogen and oxygen atoms in total. The summed E-state index contributed by atoms with van der Waals surface area (Å²) in [5.74, 6) is 0. The molecular weight excluding hydrogens is 214 g/mol. The lowest BCUT2D eigenvalue weighted by molar-refractivity contribution is 0.124. The average molecular weight is 231 g/mol. The summed E-state index contributed by atoms with van der Waals surface area (Å²) in [5, 5.41) is 4.30. The molecule has 1 aromatic rings. The van der Waals surface area contributed by atoms with E-state index in [9.17, 15) is 0 Å². The van der Waals surface area contributed by atoms with Gasteiger partial charge in [-0.1, -0.05) is 29.4 Å². The lowest BCUT2D eigenvalue weighted by Crippen LogP contribution is -2.05. The van der Waals surface area contributed by atoms with Crippen molar-refractivity contribution in [3.05, 3.63) is 35.4 Å². The molecule has 0 unspecified atom stereocenters. The number of nitrogens with zero attached hydrogens (tertiary/aromatic N) is 1. The molecule has 1 heterocycles. The molecule has 1 atom stereocenters. The quantitative estimate of drug-likeness (QED) is 0.455. The third-order valence-corrected chi connectivity index (χ3v) is 3.28. The second-order valence-corrected chi connectivity index (χ2v) is 4.65. The van der Waals surface area contributed by atoms with E-state index in [4.69, 9.17) is 9.57 Å². The maximum absolute atomic E-state index is 5.37. The maximum Gasteiger partial charge on any atom is 0.145 e. The summed E-state index contributed by atoms with van der Waals surface area (Å²) in [6.07, 6.45) is 4.88. The number of ether oxygens (including phenoxy) is 1. The minimum Gasteiger partial charge on any atom is -0.393 e. The molecule has 0 bridgehead atoms. The molecule has 0 N–H and O–H groups in total. The van der Waals surface area contributed by atoms with Gasteiger partial charge >= 0.3 is 0 Å². The minimum absolute atomic E-state index is 0.278. The molecular formula is C14H17NO2. The molecule has 17 heavy (non-hydrogen) atoms. The van der Waals surface area contributed by atoms with Crippen LogP contribution < -0.4 is 0 Å². The van der Waals surface area contributed by atoms with Crippen molar-refractivity contribution < 1.29 is 9.57 Å². The van der Waals surface area contributed by atoms with Crippen molar-refractivity contribution in [2.75, 3.05) is 13.2 Å². The Balaban J connectivity index is 1.77. The molecule has 3 heteroatoms. The lowest BCUT2D eigenvalue weighted by atomic mass is 10.0. The summed E-state index contributed by atoms with van der Waals surface area (Å²) in [5.41, 5.74) is 3.76. The molecule has 90 valence electrons. The van der Waals surface area contributed by atoms with Crippen LogP contribution in [-0.2, 0) is 16.0 Å². The van der Waals surface area contributed by atoms with Gasteiger partial charge in [0, 0.05) is 5.56 Å². The summed E-state index contributed by atoms with van der Waals surface area (Å²) in [7, 11) is 0. The molecule has 0 spiro atoms. The Hall–Kier alpha value is -1.35. The first-order valence-electron chi connectivity index (χ1n) is 6.32. The Morgan fingerprint density at radius 1 is 1.24 bits per heavy atom. The van der Waals surface area contributed by atoms with Crippen LogP contribution in [0.3, 0.4) is 0 Å². The summed E-state index contributed by atoms with van der Waals surface area (Å²) in [6, 6.07) is 8.51. The van der Waals surface area contributed by atoms with E-state index in [2.05, 4.69) is 29.4 Å². The lowest BCUT2D eigenvalue weighted by Gasteiger charge is -2.07. The maximum atomic E-state index is 5.37. The Morgan fingerprint density at radius 2 is 2.06 bits per heavy atom. The van der Waals surface area contributed by atoms with Gasteiger partial charge in [-0.2, -0.15) is 0 Å². The fourth-order valence-corrected chi connectivity index (χ4v) is 2.22. The van der Waals surface area contributed by atoms with Gasteiger partial charge < -0.3 is 9.57 Å². The van der Waals surface area contributed by atoms with Gasteiger partial charge in [-0.15, -0.1) is 0 Å². The van der Waals surface area contributed by atoms with Gasteiger partial charge in [-0.25, -0.2) is 0 Å². The fraction of sp³-hybridized carbons (Fsp3) is 0.500. The molecule has 2 aliphatic rings. The van der Waals surface area contributed by atoms with E-state index in [0.717, 1.165) is 25.2 Å². The van der Waals surface area contributed by atoms with Crippen molar-refractivity contribution in [2.24, 2.45) is 5.16 Å². The van der Waals surface area contributed by atoms with Crippen LogP contribution >= 0.6 is 0 Å². The number of hydrogen-bond acceptors (Lipinski definition) is 3. The number of aryl methyl sites for hydroxylation is 1. The molecule has 1 aromatic carbocycles. The van der Waals surface area contributed by atoms with Crippen LogP contribution in [-0.4, -0.2) is 25.0 Å². The van der Waals surface area contributed by atoms with Crippen molar-refractivity contribution in [3.63, 3.8) is 0 Å². The summed E-state index contributed by atoms with van der Waals surface area (Å²) in [4.78, 5) is 5.37. The number of fused-ring (bicyclic) bond motifs is 1. The Labute approximate surface area is 101 Å². The van der Waals surface area contributed by atoms with E-state index < -0.39 is 0 Å². The average Bonchev–Trinajstić information content (AvgIpc) is 3.17. The molecule has 0 saturated carbocycles. The highest BCUT2D eigenvalue weighted by molar-refractivity contribution is 6.01. The van der Waals surface area contributed by atoms with E-state index in [1.807, 2.05) is 0 Å². The highest BCUT2D eigenvalue weighted by Gasteiger charge is 2.23. The molecule has 1 aliphatic heterocycles. The van der Waals surface area contributed by atoms with Gasteiger partial charge in [0.1, 0.15) is 12.7 Å². The van der Waals surface area contributed by atoms with Gasteiger partial charge in [0.25, 0.3) is 0 Å². The van der Waals surface area contributed by atoms with Gasteiger partial charge in [-0.3, -0.25) is 0 Å². The first-order valence-corrected chi connectivity index (χ1v) is 6.32. The zero-order chi connectivity index (χ0) is 11.5. The first-order chi connectivity index (χ1) is 8.43. The van der Waals surface area contributed by atoms with Crippen LogP contribution in [0.15, 0.2) is 29.4 Å². The number of benzene rings is 1. The third-order valence-electron chi connectivity index (χ3n) is 3.28. The number of epoxide rings is 1. The number of hydrogen-bond donors (Lipinski definition) is 0. The van der Waals surface area contributed by atoms with Gasteiger partial charge in [-0.05, 0) is 31.2 Å². The zero-order valence-corrected chi connectivity index (χ0v) is 9.89. The Morgan fingerprint density at radius 3 is 2.94 bits per heavy atom. The summed E-state index contributed by atoms with van der Waals surface area (Å²) in [6.45, 7) is 1.41. The van der Waals surface area contributed by atoms with Gasteiger partial charge in [0.05, 0.1) is 12.3 Å². The van der Waals surface area contributed by atoms with E-state index in [1.54, 1.807) is 0 Å². The molecule has 1 fully saturated rings. The topological polar surface area (TPSA) is 34.1 Å². The van der Waals surface area contributed by atoms with Crippen molar-refractivity contribution in [1.29, 1.82) is 0 Å². The molecule has 0 amide bonds. The second kappa shape index (κ2) is 4.88. The normalized spacial score (nSPS) is 25.2. The van der Waals surface area contributed by atoms with E-state index >= 15 is 0 Å². The highest BCUT2D eigenvalue weighted by atomic mass is 16.7. The zero-order valence-electron chi connectivity index (χ0n) is 9.89. The van der Waals surface area contributed by atoms with Crippen molar-refractivity contribution in [3.8, 4) is 0 Å². The Bertz CT molecular complexity index is 424. The highest BCUT2D eigenvalue weighted by Crippen LogP contribution is 2.21. The molecule has 1 saturated heterocycles. The largest absolute Gasteiger partial charge is 0.393 e. The molecule has 1 aliphatic carbocycles. The Kier molecular flexibility index (Phi) is 3.10. The van der Waals surface area contributed by atoms with Crippen molar-refractivity contribution in [2.45, 2.75) is 31.8 Å². The van der Waals surface area contributed by atoms with Crippen LogP contribution in [0.4, 0.5) is 0 Å². The standard InChI is InChI=1S/C14H17NO2/c1-3-7-13-11(5-1)6-2-4-8-14(13)15-17-10-12-9-16-12/h1,3,5,7,12H,2,4,6,8-10H2/b15-14+/t12-/m1/s1. The molecule has 3 rings (SSSR count). The smallest absolute Gasteiger partial charge is 0.145 e.